The van der Waals surface area contributed by atoms with Gasteiger partial charge in [-0.05, 0) is 12.1 Å². The summed E-state index contributed by atoms with van der Waals surface area (Å²) in [6.07, 6.45) is -1.71. The molecule has 192 valence electrons. The van der Waals surface area contributed by atoms with Crippen LogP contribution in [0.1, 0.15) is 29.4 Å². The standard InChI is InChI=1S/C22H23FN3O9P/c1-2-10-32-36(30,33-11-6-9-24)35-17-12-19(26-13-16(23)20(27)25-22(26)29)34-18(17)14-31-21(28)15-7-4-3-5-8-15/h2-5,7-8,13,17-19H,1,6,10-12,14H2,(H,25,27,29)/t17-,18+,19+,36?/m0/s1. The van der Waals surface area contributed by atoms with Crippen molar-refractivity contribution in [1.82, 2.24) is 9.55 Å². The van der Waals surface area contributed by atoms with Crippen molar-refractivity contribution in [2.75, 3.05) is 19.8 Å². The highest BCUT2D eigenvalue weighted by molar-refractivity contribution is 7.48. The van der Waals surface area contributed by atoms with E-state index in [1.54, 1.807) is 18.2 Å². The molecule has 0 saturated carbocycles. The molecule has 4 atom stereocenters. The van der Waals surface area contributed by atoms with Gasteiger partial charge in [0.25, 0.3) is 5.56 Å². The van der Waals surface area contributed by atoms with E-state index in [-0.39, 0.29) is 31.6 Å². The van der Waals surface area contributed by atoms with Gasteiger partial charge in [-0.2, -0.15) is 9.65 Å². The Labute approximate surface area is 204 Å². The molecule has 0 amide bonds. The van der Waals surface area contributed by atoms with Gasteiger partial charge in [-0.15, -0.1) is 6.58 Å². The van der Waals surface area contributed by atoms with Gasteiger partial charge < -0.3 is 9.47 Å². The summed E-state index contributed by atoms with van der Waals surface area (Å²) in [5, 5.41) is 8.74. The molecule has 0 spiro atoms. The average Bonchev–Trinajstić information content (AvgIpc) is 3.26. The molecule has 1 saturated heterocycles. The molecule has 2 heterocycles. The first-order valence-electron chi connectivity index (χ1n) is 10.7. The molecule has 1 unspecified atom stereocenters. The monoisotopic (exact) mass is 523 g/mol. The van der Waals surface area contributed by atoms with E-state index in [0.717, 1.165) is 4.57 Å². The number of benzene rings is 1. The molecule has 0 radical (unpaired) electrons. The molecule has 1 aliphatic rings. The number of aromatic amines is 1. The number of nitrogens with zero attached hydrogens (tertiary/aromatic N) is 2. The van der Waals surface area contributed by atoms with Gasteiger partial charge in [0.05, 0.1) is 37.5 Å². The molecule has 12 nitrogen and oxygen atoms in total. The van der Waals surface area contributed by atoms with Crippen LogP contribution in [-0.4, -0.2) is 47.5 Å². The minimum atomic E-state index is -4.27. The van der Waals surface area contributed by atoms with E-state index >= 15 is 0 Å². The topological polar surface area (TPSA) is 159 Å². The number of carbonyl (C=O) groups is 1. The lowest BCUT2D eigenvalue weighted by Gasteiger charge is -2.23. The van der Waals surface area contributed by atoms with Crippen LogP contribution in [0, 0.1) is 17.1 Å². The smallest absolute Gasteiger partial charge is 0.459 e. The summed E-state index contributed by atoms with van der Waals surface area (Å²) < 4.78 is 54.8. The zero-order chi connectivity index (χ0) is 26.1. The number of phosphoric ester groups is 1. The minimum absolute atomic E-state index is 0.0985. The predicted molar refractivity (Wildman–Crippen MR) is 121 cm³/mol. The number of hydrogen-bond acceptors (Lipinski definition) is 10. The van der Waals surface area contributed by atoms with E-state index in [0.29, 0.717) is 6.20 Å². The van der Waals surface area contributed by atoms with Crippen LogP contribution in [0.4, 0.5) is 4.39 Å². The third kappa shape index (κ3) is 7.07. The van der Waals surface area contributed by atoms with Gasteiger partial charge >= 0.3 is 19.5 Å². The Morgan fingerprint density at radius 1 is 1.33 bits per heavy atom. The Morgan fingerprint density at radius 3 is 2.78 bits per heavy atom. The average molecular weight is 523 g/mol. The fourth-order valence-corrected chi connectivity index (χ4v) is 4.59. The normalized spacial score (nSPS) is 20.8. The number of H-pyrrole nitrogens is 1. The maximum Gasteiger partial charge on any atom is 0.475 e. The zero-order valence-corrected chi connectivity index (χ0v) is 19.8. The molecule has 36 heavy (non-hydrogen) atoms. The van der Waals surface area contributed by atoms with Crippen molar-refractivity contribution in [1.29, 1.82) is 5.26 Å². The quantitative estimate of drug-likeness (QED) is 0.189. The highest BCUT2D eigenvalue weighted by atomic mass is 31.2. The van der Waals surface area contributed by atoms with Gasteiger partial charge in [0.2, 0.25) is 5.82 Å². The van der Waals surface area contributed by atoms with Gasteiger partial charge in [0.15, 0.2) is 0 Å². The number of esters is 1. The van der Waals surface area contributed by atoms with Crippen LogP contribution in [0.25, 0.3) is 0 Å². The van der Waals surface area contributed by atoms with Crippen LogP contribution in [0.2, 0.25) is 0 Å². The molecule has 1 aromatic carbocycles. The first kappa shape index (κ1) is 27.2. The number of aromatic nitrogens is 2. The Hall–Kier alpha value is -3.40. The van der Waals surface area contributed by atoms with Gasteiger partial charge in [0.1, 0.15) is 25.0 Å². The molecular formula is C22H23FN3O9P. The second kappa shape index (κ2) is 12.5. The number of hydrogen-bond donors (Lipinski definition) is 1. The van der Waals surface area contributed by atoms with E-state index in [2.05, 4.69) is 6.58 Å². The summed E-state index contributed by atoms with van der Waals surface area (Å²) >= 11 is 0. The van der Waals surface area contributed by atoms with Crippen molar-refractivity contribution in [2.45, 2.75) is 31.3 Å². The number of phosphoric acid groups is 1. The lowest BCUT2D eigenvalue weighted by atomic mass is 10.2. The number of halogens is 1. The van der Waals surface area contributed by atoms with Gasteiger partial charge in [-0.25, -0.2) is 14.2 Å². The predicted octanol–water partition coefficient (Wildman–Crippen LogP) is 2.45. The van der Waals surface area contributed by atoms with Crippen molar-refractivity contribution < 1.29 is 36.8 Å². The summed E-state index contributed by atoms with van der Waals surface area (Å²) in [7, 11) is -4.27. The van der Waals surface area contributed by atoms with Gasteiger partial charge in [0, 0.05) is 6.42 Å². The maximum absolute atomic E-state index is 13.9. The third-order valence-electron chi connectivity index (χ3n) is 4.88. The lowest BCUT2D eigenvalue weighted by Crippen LogP contribution is -2.34. The number of carbonyl (C=O) groups excluding carboxylic acids is 1. The van der Waals surface area contributed by atoms with E-state index in [1.165, 1.54) is 18.2 Å². The summed E-state index contributed by atoms with van der Waals surface area (Å²) in [5.41, 5.74) is -1.89. The Balaban J connectivity index is 1.83. The molecule has 3 rings (SSSR count). The SMILES string of the molecule is C=CCOP(=O)(OCCC#N)O[C@H]1C[C@H](n2cc(F)c(=O)[nH]c2=O)O[C@@H]1COC(=O)c1ccccc1. The number of rotatable bonds is 12. The molecular weight excluding hydrogens is 500 g/mol. The van der Waals surface area contributed by atoms with Crippen LogP contribution in [0.5, 0.6) is 0 Å². The summed E-state index contributed by atoms with van der Waals surface area (Å²) in [6.45, 7) is 2.60. The van der Waals surface area contributed by atoms with Crippen LogP contribution in [0.15, 0.2) is 58.8 Å². The van der Waals surface area contributed by atoms with Crippen molar-refractivity contribution in [3.05, 3.63) is 81.4 Å². The second-order valence-electron chi connectivity index (χ2n) is 7.39. The highest BCUT2D eigenvalue weighted by Crippen LogP contribution is 2.53. The molecule has 1 N–H and O–H groups in total. The van der Waals surface area contributed by atoms with E-state index in [9.17, 15) is 23.3 Å². The maximum atomic E-state index is 13.9. The van der Waals surface area contributed by atoms with Crippen LogP contribution in [0.3, 0.4) is 0 Å². The first-order valence-corrected chi connectivity index (χ1v) is 12.2. The van der Waals surface area contributed by atoms with Crippen LogP contribution < -0.4 is 11.2 Å². The number of nitriles is 1. The van der Waals surface area contributed by atoms with E-state index in [1.807, 2.05) is 11.1 Å². The van der Waals surface area contributed by atoms with Gasteiger partial charge in [-0.1, -0.05) is 24.3 Å². The minimum Gasteiger partial charge on any atom is -0.459 e. The summed E-state index contributed by atoms with van der Waals surface area (Å²) in [6, 6.07) is 9.92. The largest absolute Gasteiger partial charge is 0.475 e. The summed E-state index contributed by atoms with van der Waals surface area (Å²) in [5.74, 6) is -1.90. The van der Waals surface area contributed by atoms with Crippen LogP contribution in [-0.2, 0) is 27.6 Å². The lowest BCUT2D eigenvalue weighted by molar-refractivity contribution is -0.0544. The fourth-order valence-electron chi connectivity index (χ4n) is 3.23. The van der Waals surface area contributed by atoms with Gasteiger partial charge in [-0.3, -0.25) is 27.9 Å². The molecule has 0 bridgehead atoms. The number of ether oxygens (including phenoxy) is 2. The molecule has 14 heteroatoms. The summed E-state index contributed by atoms with van der Waals surface area (Å²) in [4.78, 5) is 37.8. The third-order valence-corrected chi connectivity index (χ3v) is 6.37. The Bertz CT molecular complexity index is 1270. The molecule has 2 aromatic rings. The fraction of sp³-hybridized carbons (Fsp3) is 0.364. The van der Waals surface area contributed by atoms with E-state index in [4.69, 9.17) is 28.3 Å². The molecule has 1 aromatic heterocycles. The van der Waals surface area contributed by atoms with Crippen molar-refractivity contribution in [3.8, 4) is 6.07 Å². The highest BCUT2D eigenvalue weighted by Gasteiger charge is 2.43. The van der Waals surface area contributed by atoms with Crippen molar-refractivity contribution in [2.24, 2.45) is 0 Å². The van der Waals surface area contributed by atoms with Crippen molar-refractivity contribution in [3.63, 3.8) is 0 Å². The molecule has 1 fully saturated rings. The van der Waals surface area contributed by atoms with E-state index < -0.39 is 55.9 Å². The van der Waals surface area contributed by atoms with Crippen molar-refractivity contribution >= 4 is 13.8 Å². The first-order chi connectivity index (χ1) is 17.3. The second-order valence-corrected chi connectivity index (χ2v) is 9.01. The molecule has 0 aliphatic carbocycles. The van der Waals surface area contributed by atoms with Crippen LogP contribution >= 0.6 is 7.82 Å². The zero-order valence-electron chi connectivity index (χ0n) is 18.9. The number of nitrogens with one attached hydrogen (secondary N) is 1. The Kier molecular flexibility index (Phi) is 9.46. The molecule has 1 aliphatic heterocycles. The Morgan fingerprint density at radius 2 is 2.08 bits per heavy atom.